The molecule has 2 rings (SSSR count). The number of aryl methyl sites for hydroxylation is 2. The molecule has 12 heavy (non-hydrogen) atoms. The van der Waals surface area contributed by atoms with Crippen LogP contribution >= 0.6 is 0 Å². The molecule has 0 saturated heterocycles. The lowest BCUT2D eigenvalue weighted by molar-refractivity contribution is 0.662. The Morgan fingerprint density at radius 2 is 1.92 bits per heavy atom. The zero-order chi connectivity index (χ0) is 8.55. The lowest BCUT2D eigenvalue weighted by Gasteiger charge is -2.17. The molecule has 1 aromatic rings. The minimum Gasteiger partial charge on any atom is -0.261 e. The van der Waals surface area contributed by atoms with Crippen molar-refractivity contribution in [1.29, 1.82) is 0 Å². The summed E-state index contributed by atoms with van der Waals surface area (Å²) in [5.74, 6) is 0. The van der Waals surface area contributed by atoms with Crippen molar-refractivity contribution in [1.82, 2.24) is 4.98 Å². The summed E-state index contributed by atoms with van der Waals surface area (Å²) in [6, 6.07) is 0. The average Bonchev–Trinajstić information content (AvgIpc) is 2.12. The summed E-state index contributed by atoms with van der Waals surface area (Å²) in [4.78, 5) is 4.48. The van der Waals surface area contributed by atoms with Gasteiger partial charge in [0.15, 0.2) is 0 Å². The largest absolute Gasteiger partial charge is 0.261 e. The summed E-state index contributed by atoms with van der Waals surface area (Å²) in [6.07, 6.45) is 7.12. The van der Waals surface area contributed by atoms with E-state index >= 15 is 0 Å². The van der Waals surface area contributed by atoms with E-state index in [0.29, 0.717) is 0 Å². The van der Waals surface area contributed by atoms with Gasteiger partial charge in [0, 0.05) is 11.9 Å². The van der Waals surface area contributed by atoms with Crippen LogP contribution in [0.1, 0.15) is 35.2 Å². The van der Waals surface area contributed by atoms with Crippen molar-refractivity contribution in [2.45, 2.75) is 39.5 Å². The average molecular weight is 161 g/mol. The molecule has 0 aromatic carbocycles. The molecule has 0 aliphatic heterocycles. The first kappa shape index (κ1) is 7.78. The van der Waals surface area contributed by atoms with E-state index in [-0.39, 0.29) is 0 Å². The molecule has 1 nitrogen and oxygen atoms in total. The number of hydrogen-bond acceptors (Lipinski definition) is 1. The maximum atomic E-state index is 4.48. The van der Waals surface area contributed by atoms with Gasteiger partial charge in [-0.15, -0.1) is 0 Å². The lowest BCUT2D eigenvalue weighted by atomic mass is 9.91. The zero-order valence-electron chi connectivity index (χ0n) is 7.85. The van der Waals surface area contributed by atoms with Crippen LogP contribution in [0.2, 0.25) is 0 Å². The SMILES string of the molecule is Cc1cnc2c(c1C)CCCC2. The summed E-state index contributed by atoms with van der Waals surface area (Å²) < 4.78 is 0. The summed E-state index contributed by atoms with van der Waals surface area (Å²) >= 11 is 0. The third-order valence-corrected chi connectivity index (χ3v) is 2.90. The minimum atomic E-state index is 1.19. The van der Waals surface area contributed by atoms with E-state index in [9.17, 15) is 0 Å². The first-order chi connectivity index (χ1) is 5.79. The van der Waals surface area contributed by atoms with Crippen LogP contribution in [0.5, 0.6) is 0 Å². The minimum absolute atomic E-state index is 1.19. The first-order valence-electron chi connectivity index (χ1n) is 4.73. The van der Waals surface area contributed by atoms with E-state index < -0.39 is 0 Å². The number of rotatable bonds is 0. The molecule has 0 N–H and O–H groups in total. The van der Waals surface area contributed by atoms with Crippen LogP contribution in [0.25, 0.3) is 0 Å². The van der Waals surface area contributed by atoms with Crippen molar-refractivity contribution in [3.8, 4) is 0 Å². The Balaban J connectivity index is 2.54. The van der Waals surface area contributed by atoms with Crippen molar-refractivity contribution in [2.24, 2.45) is 0 Å². The highest BCUT2D eigenvalue weighted by Gasteiger charge is 2.12. The second kappa shape index (κ2) is 2.89. The molecule has 0 saturated carbocycles. The summed E-state index contributed by atoms with van der Waals surface area (Å²) in [5.41, 5.74) is 5.70. The van der Waals surface area contributed by atoms with Gasteiger partial charge in [-0.1, -0.05) is 0 Å². The van der Waals surface area contributed by atoms with Crippen LogP contribution in [0.15, 0.2) is 6.20 Å². The molecule has 0 radical (unpaired) electrons. The van der Waals surface area contributed by atoms with Gasteiger partial charge in [-0.25, -0.2) is 0 Å². The van der Waals surface area contributed by atoms with Crippen LogP contribution < -0.4 is 0 Å². The van der Waals surface area contributed by atoms with Gasteiger partial charge in [0.1, 0.15) is 0 Å². The van der Waals surface area contributed by atoms with E-state index in [1.54, 1.807) is 0 Å². The monoisotopic (exact) mass is 161 g/mol. The molecule has 1 aliphatic carbocycles. The van der Waals surface area contributed by atoms with Crippen LogP contribution in [0.3, 0.4) is 0 Å². The van der Waals surface area contributed by atoms with Crippen molar-refractivity contribution in [3.05, 3.63) is 28.6 Å². The fourth-order valence-corrected chi connectivity index (χ4v) is 1.95. The highest BCUT2D eigenvalue weighted by Crippen LogP contribution is 2.23. The van der Waals surface area contributed by atoms with Crippen LogP contribution in [-0.4, -0.2) is 4.98 Å². The summed E-state index contributed by atoms with van der Waals surface area (Å²) in [5, 5.41) is 0. The van der Waals surface area contributed by atoms with Gasteiger partial charge in [-0.3, -0.25) is 4.98 Å². The maximum Gasteiger partial charge on any atom is 0.0438 e. The highest BCUT2D eigenvalue weighted by atomic mass is 14.7. The lowest BCUT2D eigenvalue weighted by Crippen LogP contribution is -2.08. The number of hydrogen-bond donors (Lipinski definition) is 0. The van der Waals surface area contributed by atoms with Gasteiger partial charge in [0.25, 0.3) is 0 Å². The molecule has 0 fully saturated rings. The molecule has 1 heteroatoms. The van der Waals surface area contributed by atoms with E-state index in [0.717, 1.165) is 0 Å². The van der Waals surface area contributed by atoms with Crippen LogP contribution in [-0.2, 0) is 12.8 Å². The molecule has 1 aromatic heterocycles. The summed E-state index contributed by atoms with van der Waals surface area (Å²) in [7, 11) is 0. The predicted molar refractivity (Wildman–Crippen MR) is 50.4 cm³/mol. The van der Waals surface area contributed by atoms with Gasteiger partial charge < -0.3 is 0 Å². The fourth-order valence-electron chi connectivity index (χ4n) is 1.95. The van der Waals surface area contributed by atoms with Gasteiger partial charge in [-0.05, 0) is 56.2 Å². The predicted octanol–water partition coefficient (Wildman–Crippen LogP) is 2.58. The molecule has 0 spiro atoms. The number of fused-ring (bicyclic) bond motifs is 1. The fraction of sp³-hybridized carbons (Fsp3) is 0.545. The molecule has 64 valence electrons. The van der Waals surface area contributed by atoms with Gasteiger partial charge in [0.05, 0.1) is 0 Å². The van der Waals surface area contributed by atoms with Crippen LogP contribution in [0, 0.1) is 13.8 Å². The van der Waals surface area contributed by atoms with E-state index in [1.807, 2.05) is 6.20 Å². The molecule has 1 aliphatic rings. The Hall–Kier alpha value is -0.850. The van der Waals surface area contributed by atoms with E-state index in [2.05, 4.69) is 18.8 Å². The van der Waals surface area contributed by atoms with Crippen LogP contribution in [0.4, 0.5) is 0 Å². The Kier molecular flexibility index (Phi) is 1.87. The number of pyridine rings is 1. The Morgan fingerprint density at radius 3 is 2.75 bits per heavy atom. The molecule has 0 bridgehead atoms. The zero-order valence-corrected chi connectivity index (χ0v) is 7.85. The molecular formula is C11H15N. The van der Waals surface area contributed by atoms with E-state index in [1.165, 1.54) is 48.1 Å². The molecule has 0 amide bonds. The Bertz CT molecular complexity index is 302. The van der Waals surface area contributed by atoms with Gasteiger partial charge in [-0.2, -0.15) is 0 Å². The first-order valence-corrected chi connectivity index (χ1v) is 4.73. The van der Waals surface area contributed by atoms with Gasteiger partial charge in [0.2, 0.25) is 0 Å². The normalized spacial score (nSPS) is 15.8. The van der Waals surface area contributed by atoms with E-state index in [4.69, 9.17) is 0 Å². The standard InChI is InChI=1S/C11H15N/c1-8-7-12-11-6-4-3-5-10(11)9(8)2/h7H,3-6H2,1-2H3. The maximum absolute atomic E-state index is 4.48. The topological polar surface area (TPSA) is 12.9 Å². The highest BCUT2D eigenvalue weighted by molar-refractivity contribution is 5.36. The third kappa shape index (κ3) is 1.13. The second-order valence-electron chi connectivity index (χ2n) is 3.70. The smallest absolute Gasteiger partial charge is 0.0438 e. The molecule has 0 atom stereocenters. The van der Waals surface area contributed by atoms with Crippen molar-refractivity contribution in [2.75, 3.05) is 0 Å². The second-order valence-corrected chi connectivity index (χ2v) is 3.70. The molecule has 1 heterocycles. The Labute approximate surface area is 73.8 Å². The number of nitrogens with zero attached hydrogens (tertiary/aromatic N) is 1. The van der Waals surface area contributed by atoms with Crippen molar-refractivity contribution < 1.29 is 0 Å². The van der Waals surface area contributed by atoms with Gasteiger partial charge >= 0.3 is 0 Å². The van der Waals surface area contributed by atoms with Crippen molar-refractivity contribution >= 4 is 0 Å². The summed E-state index contributed by atoms with van der Waals surface area (Å²) in [6.45, 7) is 4.37. The quantitative estimate of drug-likeness (QED) is 0.570. The molecular weight excluding hydrogens is 146 g/mol. The third-order valence-electron chi connectivity index (χ3n) is 2.90. The Morgan fingerprint density at radius 1 is 1.17 bits per heavy atom. The van der Waals surface area contributed by atoms with Crippen molar-refractivity contribution in [3.63, 3.8) is 0 Å². The number of aromatic nitrogens is 1. The molecule has 0 unspecified atom stereocenters.